The molecular weight excluding hydrogens is 172 g/mol. The van der Waals surface area contributed by atoms with E-state index in [1.165, 1.54) is 0 Å². The summed E-state index contributed by atoms with van der Waals surface area (Å²) in [5, 5.41) is 8.33. The number of carboxylic acid groups (broad SMARTS) is 1. The van der Waals surface area contributed by atoms with Gasteiger partial charge in [-0.1, -0.05) is 11.2 Å². The Labute approximate surface area is 66.1 Å². The molecule has 3 nitrogen and oxygen atoms in total. The van der Waals surface area contributed by atoms with E-state index in [0.717, 1.165) is 0 Å². The monoisotopic (exact) mass is 183 g/mol. The lowest BCUT2D eigenvalue weighted by Gasteiger charge is -2.06. The van der Waals surface area contributed by atoms with Gasteiger partial charge in [0.05, 0.1) is 0 Å². The highest BCUT2D eigenvalue weighted by Gasteiger charge is 2.11. The van der Waals surface area contributed by atoms with Gasteiger partial charge in [-0.2, -0.15) is 0 Å². The van der Waals surface area contributed by atoms with Gasteiger partial charge in [0.15, 0.2) is 0 Å². The Morgan fingerprint density at radius 3 is 2.70 bits per heavy atom. The van der Waals surface area contributed by atoms with E-state index in [1.54, 1.807) is 0 Å². The van der Waals surface area contributed by atoms with Gasteiger partial charge in [-0.25, -0.2) is 0 Å². The van der Waals surface area contributed by atoms with Crippen LogP contribution in [0.1, 0.15) is 6.42 Å². The lowest BCUT2D eigenvalue weighted by molar-refractivity contribution is -0.138. The third-order valence-corrected chi connectivity index (χ3v) is 2.45. The smallest absolute Gasteiger partial charge is 0.320 e. The normalized spacial score (nSPS) is 16.3. The van der Waals surface area contributed by atoms with Crippen molar-refractivity contribution in [2.24, 2.45) is 5.73 Å². The lowest BCUT2D eigenvalue weighted by Crippen LogP contribution is -2.30. The molecule has 2 unspecified atom stereocenters. The molecule has 0 aliphatic rings. The molecule has 5 heteroatoms. The third-order valence-electron chi connectivity index (χ3n) is 1.07. The number of hydrogen-bond donors (Lipinski definition) is 2. The summed E-state index contributed by atoms with van der Waals surface area (Å²) in [6.45, 7) is 1.88. The SMILES string of the molecule is CP(Cl)CCC(N)C(=O)O. The van der Waals surface area contributed by atoms with Crippen LogP contribution in [-0.2, 0) is 4.79 Å². The molecule has 0 aromatic rings. The molecule has 0 bridgehead atoms. The molecule has 0 saturated carbocycles. The Kier molecular flexibility index (Phi) is 4.96. The summed E-state index contributed by atoms with van der Waals surface area (Å²) in [5.41, 5.74) is 5.22. The van der Waals surface area contributed by atoms with Gasteiger partial charge in [0, 0.05) is 0 Å². The molecule has 0 heterocycles. The standard InChI is InChI=1S/C5H11ClNO2P/c1-10(6)3-2-4(7)5(8)9/h4H,2-3,7H2,1H3,(H,8,9). The Hall–Kier alpha value is 0.150. The summed E-state index contributed by atoms with van der Waals surface area (Å²) in [6, 6.07) is -0.747. The summed E-state index contributed by atoms with van der Waals surface area (Å²) < 4.78 is 0. The first-order valence-electron chi connectivity index (χ1n) is 2.89. The summed E-state index contributed by atoms with van der Waals surface area (Å²) in [6.07, 6.45) is 1.19. The van der Waals surface area contributed by atoms with Gasteiger partial charge in [0.2, 0.25) is 0 Å². The van der Waals surface area contributed by atoms with Gasteiger partial charge in [0.1, 0.15) is 6.04 Å². The number of carboxylic acids is 1. The predicted octanol–water partition coefficient (Wildman–Crippen LogP) is 1.05. The first-order valence-corrected chi connectivity index (χ1v) is 5.77. The maximum absolute atomic E-state index is 10.2. The van der Waals surface area contributed by atoms with Crippen LogP contribution in [0, 0.1) is 0 Å². The predicted molar refractivity (Wildman–Crippen MR) is 43.8 cm³/mol. The molecule has 0 aliphatic heterocycles. The fraction of sp³-hybridized carbons (Fsp3) is 0.800. The zero-order valence-electron chi connectivity index (χ0n) is 5.75. The molecule has 0 radical (unpaired) electrons. The maximum atomic E-state index is 10.2. The molecule has 2 atom stereocenters. The maximum Gasteiger partial charge on any atom is 0.320 e. The number of halogens is 1. The molecule has 3 N–H and O–H groups in total. The molecule has 0 aliphatic carbocycles. The highest BCUT2D eigenvalue weighted by Crippen LogP contribution is 2.36. The number of aliphatic carboxylic acids is 1. The van der Waals surface area contributed by atoms with Gasteiger partial charge >= 0.3 is 5.97 Å². The summed E-state index contributed by atoms with van der Waals surface area (Å²) >= 11 is 5.64. The number of hydrogen-bond acceptors (Lipinski definition) is 2. The van der Waals surface area contributed by atoms with E-state index in [4.69, 9.17) is 22.1 Å². The van der Waals surface area contributed by atoms with Gasteiger partial charge in [-0.15, -0.1) is 0 Å². The number of carbonyl (C=O) groups is 1. The van der Waals surface area contributed by atoms with Crippen LogP contribution >= 0.6 is 18.5 Å². The van der Waals surface area contributed by atoms with Crippen LogP contribution in [0.15, 0.2) is 0 Å². The van der Waals surface area contributed by atoms with Crippen molar-refractivity contribution in [2.45, 2.75) is 12.5 Å². The van der Waals surface area contributed by atoms with E-state index in [1.807, 2.05) is 6.66 Å². The van der Waals surface area contributed by atoms with Crippen molar-refractivity contribution in [3.63, 3.8) is 0 Å². The minimum absolute atomic E-state index is 0.473. The van der Waals surface area contributed by atoms with E-state index in [9.17, 15) is 4.79 Å². The van der Waals surface area contributed by atoms with E-state index >= 15 is 0 Å². The van der Waals surface area contributed by atoms with Crippen molar-refractivity contribution in [1.82, 2.24) is 0 Å². The Balaban J connectivity index is 3.40. The second kappa shape index (κ2) is 4.89. The topological polar surface area (TPSA) is 63.3 Å². The van der Waals surface area contributed by atoms with Crippen molar-refractivity contribution < 1.29 is 9.90 Å². The fourth-order valence-corrected chi connectivity index (χ4v) is 1.37. The molecule has 10 heavy (non-hydrogen) atoms. The minimum atomic E-state index is -0.950. The van der Waals surface area contributed by atoms with Crippen LogP contribution in [-0.4, -0.2) is 29.9 Å². The number of nitrogens with two attached hydrogens (primary N) is 1. The van der Waals surface area contributed by atoms with Crippen LogP contribution in [0.5, 0.6) is 0 Å². The van der Waals surface area contributed by atoms with Gasteiger partial charge in [0.25, 0.3) is 0 Å². The van der Waals surface area contributed by atoms with Crippen molar-refractivity contribution in [3.8, 4) is 0 Å². The molecule has 0 fully saturated rings. The first kappa shape index (κ1) is 10.2. The van der Waals surface area contributed by atoms with Crippen LogP contribution in [0.25, 0.3) is 0 Å². The molecule has 0 rings (SSSR count). The summed E-state index contributed by atoms with van der Waals surface area (Å²) in [7, 11) is -0.529. The van der Waals surface area contributed by atoms with Crippen molar-refractivity contribution in [2.75, 3.05) is 12.8 Å². The second-order valence-electron chi connectivity index (χ2n) is 2.06. The van der Waals surface area contributed by atoms with E-state index in [0.29, 0.717) is 12.6 Å². The van der Waals surface area contributed by atoms with E-state index < -0.39 is 19.3 Å². The highest BCUT2D eigenvalue weighted by molar-refractivity contribution is 7.83. The zero-order chi connectivity index (χ0) is 8.15. The molecular formula is C5H11ClNO2P. The second-order valence-corrected chi connectivity index (χ2v) is 5.45. The minimum Gasteiger partial charge on any atom is -0.480 e. The molecule has 0 spiro atoms. The quantitative estimate of drug-likeness (QED) is 0.641. The lowest BCUT2D eigenvalue weighted by atomic mass is 10.2. The fourth-order valence-electron chi connectivity index (χ4n) is 0.440. The summed E-state index contributed by atoms with van der Waals surface area (Å²) in [4.78, 5) is 10.2. The van der Waals surface area contributed by atoms with Gasteiger partial charge in [-0.05, 0) is 26.5 Å². The Morgan fingerprint density at radius 2 is 2.40 bits per heavy atom. The number of rotatable bonds is 4. The molecule has 60 valence electrons. The average molecular weight is 184 g/mol. The first-order chi connectivity index (χ1) is 4.54. The molecule has 0 amide bonds. The largest absolute Gasteiger partial charge is 0.480 e. The van der Waals surface area contributed by atoms with Gasteiger partial charge in [-0.3, -0.25) is 4.79 Å². The summed E-state index contributed by atoms with van der Waals surface area (Å²) in [5.74, 6) is -0.950. The molecule has 0 aromatic heterocycles. The van der Waals surface area contributed by atoms with Gasteiger partial charge < -0.3 is 10.8 Å². The third kappa shape index (κ3) is 4.98. The highest BCUT2D eigenvalue weighted by atomic mass is 35.7. The zero-order valence-corrected chi connectivity index (χ0v) is 7.40. The molecule has 0 saturated heterocycles. The average Bonchev–Trinajstić information content (AvgIpc) is 1.82. The Bertz CT molecular complexity index is 120. The molecule has 0 aromatic carbocycles. The van der Waals surface area contributed by atoms with E-state index in [-0.39, 0.29) is 0 Å². The van der Waals surface area contributed by atoms with Crippen LogP contribution in [0.4, 0.5) is 0 Å². The van der Waals surface area contributed by atoms with Crippen molar-refractivity contribution in [1.29, 1.82) is 0 Å². The van der Waals surface area contributed by atoms with Crippen molar-refractivity contribution >= 4 is 24.5 Å². The van der Waals surface area contributed by atoms with Crippen molar-refractivity contribution in [3.05, 3.63) is 0 Å². The van der Waals surface area contributed by atoms with Crippen LogP contribution in [0.2, 0.25) is 0 Å². The Morgan fingerprint density at radius 1 is 1.90 bits per heavy atom. The van der Waals surface area contributed by atoms with Crippen LogP contribution in [0.3, 0.4) is 0 Å². The van der Waals surface area contributed by atoms with Crippen LogP contribution < -0.4 is 5.73 Å². The van der Waals surface area contributed by atoms with E-state index in [2.05, 4.69) is 0 Å².